The fourth-order valence-corrected chi connectivity index (χ4v) is 7.80. The summed E-state index contributed by atoms with van der Waals surface area (Å²) in [6.07, 6.45) is 26.8. The zero-order chi connectivity index (χ0) is 56.1. The minimum absolute atomic E-state index is 0.178. The number of carbonyl (C=O) groups excluding carboxylic acids is 6. The molecular formula is C63H77N3O12. The highest BCUT2D eigenvalue weighted by Gasteiger charge is 2.20. The van der Waals surface area contributed by atoms with E-state index in [0.29, 0.717) is 55.8 Å². The van der Waals surface area contributed by atoms with E-state index in [-0.39, 0.29) is 32.5 Å². The van der Waals surface area contributed by atoms with Crippen LogP contribution in [0.2, 0.25) is 0 Å². The minimum Gasteiger partial charge on any atom is -0.463 e. The van der Waals surface area contributed by atoms with Gasteiger partial charge in [0.05, 0.1) is 54.7 Å². The lowest BCUT2D eigenvalue weighted by molar-refractivity contribution is -0.167. The molecule has 0 bridgehead atoms. The molecular weight excluding hydrogens is 991 g/mol. The lowest BCUT2D eigenvalue weighted by Crippen LogP contribution is -2.30. The molecule has 3 aromatic carbocycles. The molecule has 0 unspecified atom stereocenters. The minimum atomic E-state index is -0.929. The molecule has 0 amide bonds. The van der Waals surface area contributed by atoms with E-state index in [9.17, 15) is 28.8 Å². The van der Waals surface area contributed by atoms with Crippen LogP contribution in [-0.2, 0) is 57.2 Å². The van der Waals surface area contributed by atoms with Crippen LogP contribution in [0.3, 0.4) is 0 Å². The summed E-state index contributed by atoms with van der Waals surface area (Å²) in [6.45, 7) is 0.565. The van der Waals surface area contributed by atoms with Gasteiger partial charge in [-0.2, -0.15) is 15.8 Å². The van der Waals surface area contributed by atoms with Crippen molar-refractivity contribution in [1.29, 1.82) is 15.8 Å². The Morgan fingerprint density at radius 2 is 0.603 bits per heavy atom. The van der Waals surface area contributed by atoms with Gasteiger partial charge in [0, 0.05) is 37.5 Å². The quantitative estimate of drug-likeness (QED) is 0.0223. The van der Waals surface area contributed by atoms with Crippen molar-refractivity contribution in [3.8, 4) is 18.2 Å². The maximum atomic E-state index is 12.9. The van der Waals surface area contributed by atoms with Gasteiger partial charge in [-0.15, -0.1) is 0 Å². The zero-order valence-corrected chi connectivity index (χ0v) is 45.2. The fourth-order valence-electron chi connectivity index (χ4n) is 7.80. The van der Waals surface area contributed by atoms with Crippen LogP contribution in [0.25, 0.3) is 18.2 Å². The summed E-state index contributed by atoms with van der Waals surface area (Å²) >= 11 is 0. The first kappa shape index (κ1) is 64.5. The van der Waals surface area contributed by atoms with E-state index < -0.39 is 41.9 Å². The number of nitriles is 3. The first-order chi connectivity index (χ1) is 38.1. The van der Waals surface area contributed by atoms with Crippen LogP contribution >= 0.6 is 0 Å². The molecule has 0 saturated heterocycles. The van der Waals surface area contributed by atoms with Crippen LogP contribution in [0, 0.1) is 34.0 Å². The van der Waals surface area contributed by atoms with Crippen LogP contribution in [0.4, 0.5) is 0 Å². The molecule has 0 fully saturated rings. The third-order valence-corrected chi connectivity index (χ3v) is 12.3. The van der Waals surface area contributed by atoms with Gasteiger partial charge in [-0.3, -0.25) is 14.4 Å². The van der Waals surface area contributed by atoms with Crippen molar-refractivity contribution in [3.63, 3.8) is 0 Å². The van der Waals surface area contributed by atoms with Gasteiger partial charge < -0.3 is 28.4 Å². The first-order valence-corrected chi connectivity index (χ1v) is 27.6. The SMILES string of the molecule is N#Cc1ccc(C=CC(=O)OCCCCCCCCCC(=O)OCC(COC(=O)CCCCCCCCCOC(=O)C=Cc2ccc(C#N)cc2)OC(=O)CCCCCCCCCOC(=O)C=Cc2ccc(C#N)cc2)cc1. The molecule has 0 aliphatic rings. The van der Waals surface area contributed by atoms with Crippen LogP contribution in [-0.4, -0.2) is 75.0 Å². The molecule has 0 spiro atoms. The van der Waals surface area contributed by atoms with Crippen molar-refractivity contribution in [2.24, 2.45) is 0 Å². The molecule has 0 aromatic heterocycles. The van der Waals surface area contributed by atoms with E-state index in [2.05, 4.69) is 18.2 Å². The van der Waals surface area contributed by atoms with E-state index in [1.807, 2.05) is 0 Å². The van der Waals surface area contributed by atoms with E-state index in [1.165, 1.54) is 18.2 Å². The van der Waals surface area contributed by atoms with Crippen LogP contribution < -0.4 is 0 Å². The van der Waals surface area contributed by atoms with Gasteiger partial charge in [0.15, 0.2) is 6.10 Å². The molecule has 416 valence electrons. The predicted molar refractivity (Wildman–Crippen MR) is 296 cm³/mol. The molecule has 0 aliphatic heterocycles. The number of hydrogen-bond donors (Lipinski definition) is 0. The van der Waals surface area contributed by atoms with E-state index in [4.69, 9.17) is 44.2 Å². The molecule has 0 N–H and O–H groups in total. The summed E-state index contributed by atoms with van der Waals surface area (Å²) in [5, 5.41) is 26.7. The predicted octanol–water partition coefficient (Wildman–Crippen LogP) is 12.7. The Kier molecular flexibility index (Phi) is 35.0. The second-order valence-electron chi connectivity index (χ2n) is 18.9. The standard InChI is InChI=1S/C63H77N3O12/c64-46-54-31-25-51(26-32-54)37-40-60(69)73-43-19-13-7-1-4-10-16-22-58(67)76-49-57(78-63(72)24-18-12-6-3-9-15-21-45-75-62(71)42-39-53-29-35-56(48-66)36-30-53)50-77-59(68)23-17-11-5-2-8-14-20-44-74-61(70)41-38-52-27-33-55(47-65)34-28-52/h25-42,57H,1-24,43-45,49-50H2. The van der Waals surface area contributed by atoms with Gasteiger partial charge in [0.2, 0.25) is 0 Å². The number of esters is 6. The van der Waals surface area contributed by atoms with Crippen molar-refractivity contribution in [2.45, 2.75) is 160 Å². The lowest BCUT2D eigenvalue weighted by Gasteiger charge is -2.18. The van der Waals surface area contributed by atoms with Gasteiger partial charge in [-0.1, -0.05) is 133 Å². The fraction of sp³-hybridized carbons (Fsp3) is 0.476. The Labute approximate surface area is 461 Å². The molecule has 0 radical (unpaired) electrons. The smallest absolute Gasteiger partial charge is 0.330 e. The molecule has 0 heterocycles. The average Bonchev–Trinajstić information content (AvgIpc) is 3.45. The van der Waals surface area contributed by atoms with E-state index >= 15 is 0 Å². The molecule has 15 heteroatoms. The number of ether oxygens (including phenoxy) is 6. The largest absolute Gasteiger partial charge is 0.463 e. The molecule has 3 rings (SSSR count). The van der Waals surface area contributed by atoms with Crippen LogP contribution in [0.15, 0.2) is 91.0 Å². The van der Waals surface area contributed by atoms with Crippen molar-refractivity contribution in [2.75, 3.05) is 33.0 Å². The van der Waals surface area contributed by atoms with Crippen molar-refractivity contribution in [1.82, 2.24) is 0 Å². The summed E-state index contributed by atoms with van der Waals surface area (Å²) < 4.78 is 32.5. The summed E-state index contributed by atoms with van der Waals surface area (Å²) in [4.78, 5) is 74.3. The van der Waals surface area contributed by atoms with Crippen molar-refractivity contribution in [3.05, 3.63) is 124 Å². The van der Waals surface area contributed by atoms with Gasteiger partial charge in [-0.25, -0.2) is 14.4 Å². The molecule has 15 nitrogen and oxygen atoms in total. The highest BCUT2D eigenvalue weighted by Crippen LogP contribution is 2.15. The monoisotopic (exact) mass is 1070 g/mol. The Hall–Kier alpha value is -7.83. The van der Waals surface area contributed by atoms with Gasteiger partial charge >= 0.3 is 35.8 Å². The van der Waals surface area contributed by atoms with Gasteiger partial charge in [-0.05, 0) is 110 Å². The van der Waals surface area contributed by atoms with Crippen LogP contribution in [0.5, 0.6) is 0 Å². The average molecular weight is 1070 g/mol. The molecule has 0 saturated carbocycles. The number of benzene rings is 3. The Balaban J connectivity index is 1.26. The molecule has 3 aromatic rings. The topological polar surface area (TPSA) is 229 Å². The third kappa shape index (κ3) is 33.3. The van der Waals surface area contributed by atoms with E-state index in [0.717, 1.165) is 132 Å². The number of rotatable bonds is 41. The Morgan fingerprint density at radius 1 is 0.346 bits per heavy atom. The second kappa shape index (κ2) is 42.3. The van der Waals surface area contributed by atoms with Crippen LogP contribution in [0.1, 0.15) is 187 Å². The Morgan fingerprint density at radius 3 is 0.885 bits per heavy atom. The number of carbonyl (C=O) groups is 6. The highest BCUT2D eigenvalue weighted by atomic mass is 16.6. The number of nitrogens with zero attached hydrogens (tertiary/aromatic N) is 3. The maximum Gasteiger partial charge on any atom is 0.330 e. The highest BCUT2D eigenvalue weighted by molar-refractivity contribution is 5.88. The van der Waals surface area contributed by atoms with Crippen molar-refractivity contribution >= 4 is 54.0 Å². The van der Waals surface area contributed by atoms with Gasteiger partial charge in [0.25, 0.3) is 0 Å². The third-order valence-electron chi connectivity index (χ3n) is 12.3. The summed E-state index contributed by atoms with van der Waals surface area (Å²) in [5.41, 5.74) is 4.07. The van der Waals surface area contributed by atoms with Crippen molar-refractivity contribution < 1.29 is 57.2 Å². The molecule has 0 aliphatic carbocycles. The van der Waals surface area contributed by atoms with Gasteiger partial charge in [0.1, 0.15) is 13.2 Å². The number of hydrogen-bond acceptors (Lipinski definition) is 15. The van der Waals surface area contributed by atoms with E-state index in [1.54, 1.807) is 91.0 Å². The normalized spacial score (nSPS) is 11.3. The summed E-state index contributed by atoms with van der Waals surface area (Å²) in [5.74, 6) is -2.52. The number of unbranched alkanes of at least 4 members (excludes halogenated alkanes) is 18. The maximum absolute atomic E-state index is 12.9. The second-order valence-corrected chi connectivity index (χ2v) is 18.9. The summed E-state index contributed by atoms with van der Waals surface area (Å²) in [6, 6.07) is 26.9. The molecule has 0 atom stereocenters. The first-order valence-electron chi connectivity index (χ1n) is 27.6. The molecule has 78 heavy (non-hydrogen) atoms. The Bertz CT molecular complexity index is 2340. The zero-order valence-electron chi connectivity index (χ0n) is 45.2. The lowest BCUT2D eigenvalue weighted by atomic mass is 10.1. The summed E-state index contributed by atoms with van der Waals surface area (Å²) in [7, 11) is 0.